The SMILES string of the molecule is OC1CCc2c(OCc3cccc(F)c3Br)cccc21. The zero-order valence-electron chi connectivity index (χ0n) is 10.8. The summed E-state index contributed by atoms with van der Waals surface area (Å²) in [5.41, 5.74) is 2.77. The number of ether oxygens (including phenoxy) is 1. The maximum atomic E-state index is 13.4. The molecule has 0 saturated carbocycles. The Labute approximate surface area is 125 Å². The average molecular weight is 337 g/mol. The van der Waals surface area contributed by atoms with Crippen LogP contribution in [-0.4, -0.2) is 5.11 Å². The molecule has 1 N–H and O–H groups in total. The molecule has 0 spiro atoms. The van der Waals surface area contributed by atoms with Crippen LogP contribution in [0.15, 0.2) is 40.9 Å². The fraction of sp³-hybridized carbons (Fsp3) is 0.250. The van der Waals surface area contributed by atoms with Crippen LogP contribution in [0.1, 0.15) is 29.2 Å². The molecule has 2 aromatic rings. The van der Waals surface area contributed by atoms with Gasteiger partial charge in [0.05, 0.1) is 10.6 Å². The van der Waals surface area contributed by atoms with Gasteiger partial charge < -0.3 is 9.84 Å². The molecule has 1 atom stereocenters. The normalized spacial score (nSPS) is 17.1. The van der Waals surface area contributed by atoms with Crippen LogP contribution in [0, 0.1) is 5.82 Å². The maximum absolute atomic E-state index is 13.4. The number of hydrogen-bond acceptors (Lipinski definition) is 2. The zero-order valence-corrected chi connectivity index (χ0v) is 12.4. The third-order valence-electron chi connectivity index (χ3n) is 3.61. The van der Waals surface area contributed by atoms with E-state index in [1.165, 1.54) is 6.07 Å². The predicted octanol–water partition coefficient (Wildman–Crippen LogP) is 4.15. The Morgan fingerprint density at radius 2 is 2.05 bits per heavy atom. The van der Waals surface area contributed by atoms with Gasteiger partial charge in [-0.1, -0.05) is 24.3 Å². The van der Waals surface area contributed by atoms with Crippen molar-refractivity contribution in [2.45, 2.75) is 25.6 Å². The van der Waals surface area contributed by atoms with Gasteiger partial charge in [-0.05, 0) is 46.5 Å². The summed E-state index contributed by atoms with van der Waals surface area (Å²) in [4.78, 5) is 0. The summed E-state index contributed by atoms with van der Waals surface area (Å²) in [5, 5.41) is 9.86. The molecule has 0 bridgehead atoms. The first-order valence-corrected chi connectivity index (χ1v) is 7.31. The average Bonchev–Trinajstić information content (AvgIpc) is 2.83. The van der Waals surface area contributed by atoms with Crippen LogP contribution in [0.25, 0.3) is 0 Å². The first-order chi connectivity index (χ1) is 9.66. The van der Waals surface area contributed by atoms with Crippen LogP contribution in [0.3, 0.4) is 0 Å². The standard InChI is InChI=1S/C16H14BrFO2/c17-16-10(3-1-5-13(16)18)9-20-15-6-2-4-11-12(15)7-8-14(11)19/h1-6,14,19H,7-9H2. The first kappa shape index (κ1) is 13.6. The van der Waals surface area contributed by atoms with Crippen LogP contribution >= 0.6 is 15.9 Å². The van der Waals surface area contributed by atoms with E-state index >= 15 is 0 Å². The molecule has 104 valence electrons. The van der Waals surface area contributed by atoms with E-state index in [2.05, 4.69) is 15.9 Å². The number of benzene rings is 2. The molecular formula is C16H14BrFO2. The topological polar surface area (TPSA) is 29.5 Å². The summed E-state index contributed by atoms with van der Waals surface area (Å²) in [6.07, 6.45) is 1.16. The molecule has 1 aliphatic carbocycles. The Morgan fingerprint density at radius 3 is 2.90 bits per heavy atom. The minimum atomic E-state index is -0.394. The molecule has 0 aromatic heterocycles. The Balaban J connectivity index is 1.81. The quantitative estimate of drug-likeness (QED) is 0.912. The second-order valence-corrected chi connectivity index (χ2v) is 5.67. The van der Waals surface area contributed by atoms with E-state index < -0.39 is 6.10 Å². The zero-order chi connectivity index (χ0) is 14.1. The third kappa shape index (κ3) is 2.45. The van der Waals surface area contributed by atoms with Gasteiger partial charge in [-0.25, -0.2) is 4.39 Å². The van der Waals surface area contributed by atoms with Gasteiger partial charge in [0.2, 0.25) is 0 Å². The highest BCUT2D eigenvalue weighted by atomic mass is 79.9. The summed E-state index contributed by atoms with van der Waals surface area (Å²) < 4.78 is 19.7. The van der Waals surface area contributed by atoms with Crippen molar-refractivity contribution in [1.29, 1.82) is 0 Å². The summed E-state index contributed by atoms with van der Waals surface area (Å²) >= 11 is 3.23. The van der Waals surface area contributed by atoms with E-state index in [1.54, 1.807) is 6.07 Å². The second kappa shape index (κ2) is 5.54. The number of halogens is 2. The number of aliphatic hydroxyl groups is 1. The first-order valence-electron chi connectivity index (χ1n) is 6.52. The summed E-state index contributed by atoms with van der Waals surface area (Å²) in [6.45, 7) is 0.297. The number of fused-ring (bicyclic) bond motifs is 1. The van der Waals surface area contributed by atoms with Crippen LogP contribution < -0.4 is 4.74 Å². The molecule has 2 nitrogen and oxygen atoms in total. The second-order valence-electron chi connectivity index (χ2n) is 4.88. The van der Waals surface area contributed by atoms with Gasteiger partial charge in [-0.15, -0.1) is 0 Å². The summed E-state index contributed by atoms with van der Waals surface area (Å²) in [7, 11) is 0. The van der Waals surface area contributed by atoms with Crippen molar-refractivity contribution in [2.24, 2.45) is 0 Å². The Bertz CT molecular complexity index is 642. The number of rotatable bonds is 3. The van der Waals surface area contributed by atoms with Gasteiger partial charge in [0.15, 0.2) is 0 Å². The lowest BCUT2D eigenvalue weighted by molar-refractivity contribution is 0.180. The Hall–Kier alpha value is -1.39. The van der Waals surface area contributed by atoms with Crippen LogP contribution in [0.5, 0.6) is 5.75 Å². The summed E-state index contributed by atoms with van der Waals surface area (Å²) in [5.74, 6) is 0.482. The van der Waals surface area contributed by atoms with E-state index in [1.807, 2.05) is 24.3 Å². The molecule has 2 aromatic carbocycles. The van der Waals surface area contributed by atoms with Gasteiger partial charge in [0.1, 0.15) is 18.2 Å². The molecular weight excluding hydrogens is 323 g/mol. The Kier molecular flexibility index (Phi) is 3.76. The Morgan fingerprint density at radius 1 is 1.25 bits per heavy atom. The minimum absolute atomic E-state index is 0.292. The van der Waals surface area contributed by atoms with E-state index in [-0.39, 0.29) is 5.82 Å². The highest BCUT2D eigenvalue weighted by Crippen LogP contribution is 2.37. The van der Waals surface area contributed by atoms with Crippen LogP contribution in [0.4, 0.5) is 4.39 Å². The van der Waals surface area contributed by atoms with Crippen LogP contribution in [0.2, 0.25) is 0 Å². The molecule has 0 amide bonds. The number of aliphatic hydroxyl groups excluding tert-OH is 1. The number of hydrogen-bond donors (Lipinski definition) is 1. The highest BCUT2D eigenvalue weighted by Gasteiger charge is 2.23. The molecule has 0 saturated heterocycles. The fourth-order valence-corrected chi connectivity index (χ4v) is 2.93. The van der Waals surface area contributed by atoms with Crippen molar-refractivity contribution in [2.75, 3.05) is 0 Å². The van der Waals surface area contributed by atoms with Gasteiger partial charge >= 0.3 is 0 Å². The van der Waals surface area contributed by atoms with Crippen molar-refractivity contribution in [3.05, 3.63) is 63.4 Å². The molecule has 0 aliphatic heterocycles. The molecule has 0 radical (unpaired) electrons. The van der Waals surface area contributed by atoms with Crippen LogP contribution in [-0.2, 0) is 13.0 Å². The van der Waals surface area contributed by atoms with Crippen molar-refractivity contribution in [3.8, 4) is 5.75 Å². The maximum Gasteiger partial charge on any atom is 0.137 e. The lowest BCUT2D eigenvalue weighted by Crippen LogP contribution is -2.00. The molecule has 1 unspecified atom stereocenters. The van der Waals surface area contributed by atoms with Crippen molar-refractivity contribution in [3.63, 3.8) is 0 Å². The van der Waals surface area contributed by atoms with Gasteiger partial charge in [-0.3, -0.25) is 0 Å². The van der Waals surface area contributed by atoms with Gasteiger partial charge in [0.25, 0.3) is 0 Å². The van der Waals surface area contributed by atoms with E-state index in [0.29, 0.717) is 11.1 Å². The van der Waals surface area contributed by atoms with E-state index in [9.17, 15) is 9.50 Å². The summed E-state index contributed by atoms with van der Waals surface area (Å²) in [6, 6.07) is 10.6. The minimum Gasteiger partial charge on any atom is -0.489 e. The molecule has 1 aliphatic rings. The largest absolute Gasteiger partial charge is 0.489 e. The van der Waals surface area contributed by atoms with Gasteiger partial charge in [-0.2, -0.15) is 0 Å². The molecule has 0 fully saturated rings. The molecule has 0 heterocycles. The van der Waals surface area contributed by atoms with Crippen molar-refractivity contribution in [1.82, 2.24) is 0 Å². The van der Waals surface area contributed by atoms with E-state index in [0.717, 1.165) is 35.3 Å². The smallest absolute Gasteiger partial charge is 0.137 e. The lowest BCUT2D eigenvalue weighted by Gasteiger charge is -2.12. The fourth-order valence-electron chi connectivity index (χ4n) is 2.55. The third-order valence-corrected chi connectivity index (χ3v) is 4.50. The van der Waals surface area contributed by atoms with Gasteiger partial charge in [0, 0.05) is 11.1 Å². The molecule has 3 rings (SSSR count). The lowest BCUT2D eigenvalue weighted by atomic mass is 10.1. The van der Waals surface area contributed by atoms with Crippen molar-refractivity contribution >= 4 is 15.9 Å². The highest BCUT2D eigenvalue weighted by molar-refractivity contribution is 9.10. The van der Waals surface area contributed by atoms with Crippen molar-refractivity contribution < 1.29 is 14.2 Å². The van der Waals surface area contributed by atoms with E-state index in [4.69, 9.17) is 4.74 Å². The molecule has 4 heteroatoms. The predicted molar refractivity (Wildman–Crippen MR) is 78.2 cm³/mol. The monoisotopic (exact) mass is 336 g/mol. The molecule has 20 heavy (non-hydrogen) atoms.